The van der Waals surface area contributed by atoms with Gasteiger partial charge in [-0.15, -0.1) is 0 Å². The van der Waals surface area contributed by atoms with Crippen molar-refractivity contribution in [2.75, 3.05) is 0 Å². The Bertz CT molecular complexity index is 1080. The number of ether oxygens (including phenoxy) is 1. The summed E-state index contributed by atoms with van der Waals surface area (Å²) in [5.74, 6) is 1.22. The molecule has 0 saturated heterocycles. The summed E-state index contributed by atoms with van der Waals surface area (Å²) in [7, 11) is -5.71. The van der Waals surface area contributed by atoms with Crippen LogP contribution in [0.1, 0.15) is 42.4 Å². The SMILES string of the molecule is O=S(=O)(Oc1ccc([C@H]2Oc3ccc(O)cc3[C@H]3CCC4CC432)cc1)C(F)(F)F. The first-order valence-corrected chi connectivity index (χ1v) is 10.6. The van der Waals surface area contributed by atoms with Crippen molar-refractivity contribution in [2.24, 2.45) is 11.3 Å². The Balaban J connectivity index is 1.47. The van der Waals surface area contributed by atoms with Gasteiger partial charge in [0, 0.05) is 11.0 Å². The molecule has 1 heterocycles. The van der Waals surface area contributed by atoms with Crippen LogP contribution in [0.3, 0.4) is 0 Å². The molecule has 2 aromatic carbocycles. The predicted octanol–water partition coefficient (Wildman–Crippen LogP) is 4.64. The molecule has 5 rings (SSSR count). The summed E-state index contributed by atoms with van der Waals surface area (Å²) in [4.78, 5) is 0. The van der Waals surface area contributed by atoms with E-state index in [0.29, 0.717) is 11.7 Å². The molecule has 1 N–H and O–H groups in total. The van der Waals surface area contributed by atoms with Gasteiger partial charge in [0.2, 0.25) is 0 Å². The lowest BCUT2D eigenvalue weighted by molar-refractivity contribution is -0.0500. The number of hydrogen-bond donors (Lipinski definition) is 1. The van der Waals surface area contributed by atoms with E-state index in [1.54, 1.807) is 30.3 Å². The normalized spacial score (nSPS) is 30.0. The van der Waals surface area contributed by atoms with E-state index in [1.165, 1.54) is 12.1 Å². The zero-order valence-electron chi connectivity index (χ0n) is 15.0. The van der Waals surface area contributed by atoms with Gasteiger partial charge in [-0.25, -0.2) is 0 Å². The standard InChI is InChI=1S/C20H17F3O5S/c21-20(22,23)29(25,26)28-14-5-1-11(2-6-14)18-19-10-12(19)3-7-16(19)15-9-13(24)4-8-17(15)27-18/h1-2,4-6,8-9,12,16,18,24H,3,7,10H2/t12?,16-,18-,19?/m1/s1. The smallest absolute Gasteiger partial charge is 0.508 e. The molecule has 0 aromatic heterocycles. The van der Waals surface area contributed by atoms with Crippen LogP contribution in [-0.2, 0) is 10.1 Å². The molecule has 2 aliphatic carbocycles. The van der Waals surface area contributed by atoms with E-state index in [2.05, 4.69) is 4.18 Å². The summed E-state index contributed by atoms with van der Waals surface area (Å²) < 4.78 is 70.4. The molecular formula is C20H17F3O5S. The number of phenolic OH excluding ortho intramolecular Hbond substituents is 1. The van der Waals surface area contributed by atoms with Gasteiger partial charge in [-0.3, -0.25) is 0 Å². The van der Waals surface area contributed by atoms with Gasteiger partial charge < -0.3 is 14.0 Å². The van der Waals surface area contributed by atoms with Crippen LogP contribution < -0.4 is 8.92 Å². The second-order valence-corrected chi connectivity index (χ2v) is 9.45. The van der Waals surface area contributed by atoms with Crippen molar-refractivity contribution in [1.29, 1.82) is 0 Å². The molecule has 2 fully saturated rings. The summed E-state index contributed by atoms with van der Waals surface area (Å²) in [6, 6.07) is 10.6. The minimum Gasteiger partial charge on any atom is -0.508 e. The lowest BCUT2D eigenvalue weighted by Crippen LogP contribution is -2.30. The van der Waals surface area contributed by atoms with Gasteiger partial charge >= 0.3 is 15.6 Å². The molecule has 2 unspecified atom stereocenters. The molecule has 3 aliphatic rings. The summed E-state index contributed by atoms with van der Waals surface area (Å²) >= 11 is 0. The third kappa shape index (κ3) is 2.70. The Morgan fingerprint density at radius 3 is 2.48 bits per heavy atom. The van der Waals surface area contributed by atoms with Gasteiger partial charge in [-0.1, -0.05) is 12.1 Å². The van der Waals surface area contributed by atoms with Crippen molar-refractivity contribution in [2.45, 2.75) is 36.8 Å². The van der Waals surface area contributed by atoms with E-state index >= 15 is 0 Å². The molecule has 29 heavy (non-hydrogen) atoms. The summed E-state index contributed by atoms with van der Waals surface area (Å²) in [5, 5.41) is 9.87. The molecule has 4 atom stereocenters. The Labute approximate surface area is 165 Å². The van der Waals surface area contributed by atoms with Gasteiger partial charge in [-0.2, -0.15) is 21.6 Å². The van der Waals surface area contributed by atoms with E-state index in [4.69, 9.17) is 4.74 Å². The van der Waals surface area contributed by atoms with Crippen LogP contribution in [0.25, 0.3) is 0 Å². The Kier molecular flexibility index (Phi) is 3.73. The van der Waals surface area contributed by atoms with Crippen LogP contribution >= 0.6 is 0 Å². The molecule has 1 aliphatic heterocycles. The molecule has 0 radical (unpaired) electrons. The maximum absolute atomic E-state index is 12.5. The van der Waals surface area contributed by atoms with Crippen LogP contribution in [0.15, 0.2) is 42.5 Å². The lowest BCUT2D eigenvalue weighted by atomic mass is 9.75. The topological polar surface area (TPSA) is 72.8 Å². The Morgan fingerprint density at radius 2 is 1.83 bits per heavy atom. The highest BCUT2D eigenvalue weighted by atomic mass is 32.2. The average Bonchev–Trinajstić information content (AvgIpc) is 3.23. The van der Waals surface area contributed by atoms with Crippen LogP contribution in [0.5, 0.6) is 17.2 Å². The fourth-order valence-corrected chi connectivity index (χ4v) is 5.61. The number of rotatable bonds is 3. The van der Waals surface area contributed by atoms with Gasteiger partial charge in [0.15, 0.2) is 0 Å². The van der Waals surface area contributed by atoms with Gasteiger partial charge in [-0.05, 0) is 67.0 Å². The zero-order valence-corrected chi connectivity index (χ0v) is 15.8. The van der Waals surface area contributed by atoms with Crippen LogP contribution in [0.4, 0.5) is 13.2 Å². The molecule has 2 saturated carbocycles. The third-order valence-corrected chi connectivity index (χ3v) is 7.41. The van der Waals surface area contributed by atoms with E-state index in [1.807, 2.05) is 0 Å². The van der Waals surface area contributed by atoms with Crippen molar-refractivity contribution in [3.05, 3.63) is 53.6 Å². The second-order valence-electron chi connectivity index (χ2n) is 7.92. The van der Waals surface area contributed by atoms with Gasteiger partial charge in [0.05, 0.1) is 0 Å². The van der Waals surface area contributed by atoms with Gasteiger partial charge in [0.25, 0.3) is 0 Å². The monoisotopic (exact) mass is 426 g/mol. The van der Waals surface area contributed by atoms with Crippen molar-refractivity contribution in [3.8, 4) is 17.2 Å². The fraction of sp³-hybridized carbons (Fsp3) is 0.400. The molecule has 5 nitrogen and oxygen atoms in total. The van der Waals surface area contributed by atoms with Crippen LogP contribution in [0.2, 0.25) is 0 Å². The number of phenols is 1. The van der Waals surface area contributed by atoms with Crippen LogP contribution in [-0.4, -0.2) is 19.0 Å². The van der Waals surface area contributed by atoms with Crippen LogP contribution in [0, 0.1) is 11.3 Å². The minimum absolute atomic E-state index is 0.0960. The zero-order chi connectivity index (χ0) is 20.6. The van der Waals surface area contributed by atoms with Crippen molar-refractivity contribution in [3.63, 3.8) is 0 Å². The highest BCUT2D eigenvalue weighted by Crippen LogP contribution is 2.77. The van der Waals surface area contributed by atoms with E-state index < -0.39 is 21.4 Å². The average molecular weight is 426 g/mol. The highest BCUT2D eigenvalue weighted by Gasteiger charge is 2.69. The maximum Gasteiger partial charge on any atom is 0.534 e. The van der Waals surface area contributed by atoms with Gasteiger partial charge in [0.1, 0.15) is 23.4 Å². The number of aromatic hydroxyl groups is 1. The predicted molar refractivity (Wildman–Crippen MR) is 96.0 cm³/mol. The molecule has 9 heteroatoms. The van der Waals surface area contributed by atoms with Crippen molar-refractivity contribution < 1.29 is 35.6 Å². The van der Waals surface area contributed by atoms with E-state index in [0.717, 1.165) is 30.4 Å². The lowest BCUT2D eigenvalue weighted by Gasteiger charge is -2.39. The maximum atomic E-state index is 12.5. The number of fused-ring (bicyclic) bond motifs is 2. The number of hydrogen-bond acceptors (Lipinski definition) is 5. The first-order chi connectivity index (χ1) is 13.6. The van der Waals surface area contributed by atoms with Crippen molar-refractivity contribution >= 4 is 10.1 Å². The molecule has 2 aromatic rings. The first-order valence-electron chi connectivity index (χ1n) is 9.22. The molecule has 1 spiro atoms. The molecule has 0 bridgehead atoms. The fourth-order valence-electron chi connectivity index (χ4n) is 5.15. The summed E-state index contributed by atoms with van der Waals surface area (Å²) in [6.07, 6.45) is 2.75. The first kappa shape index (κ1) is 18.6. The number of halogens is 3. The second kappa shape index (κ2) is 5.81. The third-order valence-electron chi connectivity index (χ3n) is 6.43. The Morgan fingerprint density at radius 1 is 1.10 bits per heavy atom. The quantitative estimate of drug-likeness (QED) is 0.572. The summed E-state index contributed by atoms with van der Waals surface area (Å²) in [6.45, 7) is 0. The largest absolute Gasteiger partial charge is 0.534 e. The molecule has 154 valence electrons. The highest BCUT2D eigenvalue weighted by molar-refractivity contribution is 7.88. The van der Waals surface area contributed by atoms with E-state index in [9.17, 15) is 26.7 Å². The Hall–Kier alpha value is -2.42. The summed E-state index contributed by atoms with van der Waals surface area (Å²) in [5.41, 5.74) is -3.82. The molecular weight excluding hydrogens is 409 g/mol. The van der Waals surface area contributed by atoms with Crippen molar-refractivity contribution in [1.82, 2.24) is 0 Å². The molecule has 0 amide bonds. The number of benzene rings is 2. The minimum atomic E-state index is -5.71. The van der Waals surface area contributed by atoms with E-state index in [-0.39, 0.29) is 23.2 Å². The number of alkyl halides is 3.